The molecular weight excluding hydrogens is 296 g/mol. The molecule has 0 aliphatic carbocycles. The molecule has 3 rings (SSSR count). The highest BCUT2D eigenvalue weighted by molar-refractivity contribution is 6.31. The highest BCUT2D eigenvalue weighted by Crippen LogP contribution is 2.22. The van der Waals surface area contributed by atoms with E-state index in [1.54, 1.807) is 6.21 Å². The normalized spacial score (nSPS) is 11.1. The van der Waals surface area contributed by atoms with Crippen LogP contribution < -0.4 is 5.84 Å². The molecule has 0 fully saturated rings. The van der Waals surface area contributed by atoms with Crippen molar-refractivity contribution in [3.63, 3.8) is 0 Å². The van der Waals surface area contributed by atoms with E-state index < -0.39 is 0 Å². The summed E-state index contributed by atoms with van der Waals surface area (Å²) in [4.78, 5) is 0. The maximum absolute atomic E-state index is 6.21. The zero-order valence-electron chi connectivity index (χ0n) is 11.9. The summed E-state index contributed by atoms with van der Waals surface area (Å²) in [6, 6.07) is 17.7. The maximum Gasteiger partial charge on any atom is 0.101 e. The number of aromatic nitrogens is 2. The van der Waals surface area contributed by atoms with E-state index in [1.165, 1.54) is 0 Å². The molecule has 0 aliphatic rings. The Balaban J connectivity index is 1.99. The first-order valence-electron chi connectivity index (χ1n) is 6.87. The first kappa shape index (κ1) is 14.4. The molecule has 22 heavy (non-hydrogen) atoms. The maximum atomic E-state index is 6.21. The van der Waals surface area contributed by atoms with Crippen LogP contribution in [0, 0.1) is 0 Å². The van der Waals surface area contributed by atoms with Crippen LogP contribution in [0.25, 0.3) is 11.3 Å². The summed E-state index contributed by atoms with van der Waals surface area (Å²) < 4.78 is 1.85. The lowest BCUT2D eigenvalue weighted by Gasteiger charge is -2.04. The van der Waals surface area contributed by atoms with Crippen molar-refractivity contribution in [3.8, 4) is 11.3 Å². The van der Waals surface area contributed by atoms with Crippen molar-refractivity contribution in [3.05, 3.63) is 76.9 Å². The number of halogens is 1. The molecule has 0 spiro atoms. The van der Waals surface area contributed by atoms with Crippen molar-refractivity contribution < 1.29 is 0 Å². The molecule has 0 radical (unpaired) electrons. The van der Waals surface area contributed by atoms with E-state index in [9.17, 15) is 0 Å². The van der Waals surface area contributed by atoms with Crippen molar-refractivity contribution >= 4 is 17.8 Å². The van der Waals surface area contributed by atoms with E-state index in [2.05, 4.69) is 10.2 Å². The molecule has 1 aromatic heterocycles. The molecule has 0 saturated heterocycles. The Kier molecular flexibility index (Phi) is 4.21. The van der Waals surface area contributed by atoms with Gasteiger partial charge in [-0.25, -0.2) is 0 Å². The Morgan fingerprint density at radius 2 is 1.82 bits per heavy atom. The Morgan fingerprint density at radius 1 is 1.09 bits per heavy atom. The summed E-state index contributed by atoms with van der Waals surface area (Å²) in [6.07, 6.45) is 3.53. The number of hydrogen-bond acceptors (Lipinski definition) is 3. The minimum absolute atomic E-state index is 0.595. The molecule has 3 aromatic rings. The smallest absolute Gasteiger partial charge is 0.101 e. The van der Waals surface area contributed by atoms with Gasteiger partial charge in [-0.3, -0.25) is 4.68 Å². The van der Waals surface area contributed by atoms with E-state index in [0.717, 1.165) is 27.4 Å². The number of benzene rings is 2. The van der Waals surface area contributed by atoms with Gasteiger partial charge in [0.2, 0.25) is 0 Å². The van der Waals surface area contributed by atoms with Crippen LogP contribution in [-0.2, 0) is 6.54 Å². The number of rotatable bonds is 4. The van der Waals surface area contributed by atoms with Crippen molar-refractivity contribution in [2.75, 3.05) is 0 Å². The van der Waals surface area contributed by atoms with Gasteiger partial charge in [0.05, 0.1) is 12.8 Å². The molecule has 0 bridgehead atoms. The summed E-state index contributed by atoms with van der Waals surface area (Å²) in [7, 11) is 0. The van der Waals surface area contributed by atoms with Crippen LogP contribution in [0.15, 0.2) is 65.9 Å². The lowest BCUT2D eigenvalue weighted by Crippen LogP contribution is -2.00. The van der Waals surface area contributed by atoms with Crippen molar-refractivity contribution in [2.45, 2.75) is 6.54 Å². The molecule has 110 valence electrons. The van der Waals surface area contributed by atoms with E-state index in [4.69, 9.17) is 17.4 Å². The highest BCUT2D eigenvalue weighted by atomic mass is 35.5. The summed E-state index contributed by atoms with van der Waals surface area (Å²) in [5, 5.41) is 9.00. The summed E-state index contributed by atoms with van der Waals surface area (Å²) in [6.45, 7) is 0.595. The van der Waals surface area contributed by atoms with Crippen LogP contribution in [0.3, 0.4) is 0 Å². The quantitative estimate of drug-likeness (QED) is 0.455. The minimum Gasteiger partial charge on any atom is -0.323 e. The van der Waals surface area contributed by atoms with Gasteiger partial charge in [-0.1, -0.05) is 60.1 Å². The Bertz CT molecular complexity index is 793. The number of hydrogen-bond donors (Lipinski definition) is 1. The fourth-order valence-corrected chi connectivity index (χ4v) is 2.51. The van der Waals surface area contributed by atoms with Crippen LogP contribution in [0.5, 0.6) is 0 Å². The Hall–Kier alpha value is -2.59. The molecule has 0 saturated carbocycles. The molecule has 0 atom stereocenters. The number of nitrogens with zero attached hydrogens (tertiary/aromatic N) is 3. The van der Waals surface area contributed by atoms with Gasteiger partial charge in [-0.15, -0.1) is 0 Å². The fourth-order valence-electron chi connectivity index (χ4n) is 2.31. The van der Waals surface area contributed by atoms with Crippen LogP contribution in [0.4, 0.5) is 0 Å². The zero-order chi connectivity index (χ0) is 15.4. The van der Waals surface area contributed by atoms with Crippen LogP contribution in [0.2, 0.25) is 5.02 Å². The van der Waals surface area contributed by atoms with Crippen LogP contribution >= 0.6 is 11.6 Å². The van der Waals surface area contributed by atoms with Gasteiger partial charge in [0, 0.05) is 22.3 Å². The van der Waals surface area contributed by atoms with Gasteiger partial charge in [0.25, 0.3) is 0 Å². The van der Waals surface area contributed by atoms with Gasteiger partial charge in [-0.05, 0) is 11.6 Å². The molecule has 2 N–H and O–H groups in total. The van der Waals surface area contributed by atoms with E-state index in [0.29, 0.717) is 6.54 Å². The lowest BCUT2D eigenvalue weighted by atomic mass is 10.1. The molecular formula is C17H15ClN4. The lowest BCUT2D eigenvalue weighted by molar-refractivity contribution is 0.689. The summed E-state index contributed by atoms with van der Waals surface area (Å²) in [5.41, 5.74) is 3.76. The molecule has 0 unspecified atom stereocenters. The van der Waals surface area contributed by atoms with Crippen molar-refractivity contribution in [2.24, 2.45) is 10.9 Å². The van der Waals surface area contributed by atoms with Gasteiger partial charge in [-0.2, -0.15) is 10.2 Å². The Morgan fingerprint density at radius 3 is 2.55 bits per heavy atom. The van der Waals surface area contributed by atoms with Crippen molar-refractivity contribution in [1.29, 1.82) is 0 Å². The van der Waals surface area contributed by atoms with E-state index >= 15 is 0 Å². The van der Waals surface area contributed by atoms with E-state index in [-0.39, 0.29) is 0 Å². The van der Waals surface area contributed by atoms with Gasteiger partial charge >= 0.3 is 0 Å². The third-order valence-corrected chi connectivity index (χ3v) is 3.71. The summed E-state index contributed by atoms with van der Waals surface area (Å²) >= 11 is 6.21. The molecule has 4 nitrogen and oxygen atoms in total. The number of nitrogens with two attached hydrogens (primary N) is 1. The predicted octanol–water partition coefficient (Wildman–Crippen LogP) is 3.54. The average molecular weight is 311 g/mol. The molecule has 0 amide bonds. The monoisotopic (exact) mass is 310 g/mol. The molecule has 5 heteroatoms. The topological polar surface area (TPSA) is 56.2 Å². The standard InChI is InChI=1S/C17H15ClN4/c18-16-9-5-4-8-14(16)11-22-12-15(10-20-19)17(21-22)13-6-2-1-3-7-13/h1-10,12H,11,19H2/b20-10-. The van der Waals surface area contributed by atoms with Gasteiger partial charge < -0.3 is 5.84 Å². The van der Waals surface area contributed by atoms with Gasteiger partial charge in [0.1, 0.15) is 5.69 Å². The first-order valence-corrected chi connectivity index (χ1v) is 7.25. The van der Waals surface area contributed by atoms with Crippen LogP contribution in [-0.4, -0.2) is 16.0 Å². The summed E-state index contributed by atoms with van der Waals surface area (Å²) in [5.74, 6) is 5.30. The fraction of sp³-hybridized carbons (Fsp3) is 0.0588. The second-order valence-corrected chi connectivity index (χ2v) is 5.27. The third-order valence-electron chi connectivity index (χ3n) is 3.34. The second kappa shape index (κ2) is 6.45. The molecule has 2 aromatic carbocycles. The first-order chi connectivity index (χ1) is 10.8. The SMILES string of the molecule is N/N=C\c1cn(Cc2ccccc2Cl)nc1-c1ccccc1. The highest BCUT2D eigenvalue weighted by Gasteiger charge is 2.10. The minimum atomic E-state index is 0.595. The third kappa shape index (κ3) is 3.02. The van der Waals surface area contributed by atoms with Crippen molar-refractivity contribution in [1.82, 2.24) is 9.78 Å². The Labute approximate surface area is 133 Å². The zero-order valence-corrected chi connectivity index (χ0v) is 12.6. The molecule has 0 aliphatic heterocycles. The number of hydrazone groups is 1. The van der Waals surface area contributed by atoms with Gasteiger partial charge in [0.15, 0.2) is 0 Å². The largest absolute Gasteiger partial charge is 0.323 e. The molecule has 1 heterocycles. The average Bonchev–Trinajstić information content (AvgIpc) is 2.94. The second-order valence-electron chi connectivity index (χ2n) is 4.87. The van der Waals surface area contributed by atoms with Crippen LogP contribution in [0.1, 0.15) is 11.1 Å². The predicted molar refractivity (Wildman–Crippen MR) is 90.0 cm³/mol. The van der Waals surface area contributed by atoms with E-state index in [1.807, 2.05) is 65.5 Å².